The van der Waals surface area contributed by atoms with E-state index in [9.17, 15) is 9.59 Å². The summed E-state index contributed by atoms with van der Waals surface area (Å²) in [5.74, 6) is -0.855. The summed E-state index contributed by atoms with van der Waals surface area (Å²) in [6, 6.07) is 0. The van der Waals surface area contributed by atoms with Crippen molar-refractivity contribution in [3.05, 3.63) is 0 Å². The fourth-order valence-electron chi connectivity index (χ4n) is 6.09. The number of carboxylic acid groups (broad SMARTS) is 1. The summed E-state index contributed by atoms with van der Waals surface area (Å²) in [7, 11) is 19.5. The molecule has 0 aromatic rings. The molecule has 0 atom stereocenters. The standard InChI is InChI=1S/C15H32N4O2.C13H28N4O2.C11H26N4/c1-5-21-15(20)14-19-12-10-17(3)8-6-16(2)7-9-18(4)11-13-19;1-14-4-6-15(2)8-10-17(12-13(18)19)11-9-16(3)7-5-14;1-13-6-4-12-5-7-14(2)9-11-15(3)10-8-13/h5-14H2,1-4H3;4-12H2,1-3H3,(H,18,19);12H,4-11H2,1-3H3. The lowest BCUT2D eigenvalue weighted by Crippen LogP contribution is -2.44. The Bertz CT molecular complexity index is 920. The van der Waals surface area contributed by atoms with Crippen molar-refractivity contribution in [1.29, 1.82) is 0 Å². The van der Waals surface area contributed by atoms with E-state index in [2.05, 4.69) is 118 Å². The number of carboxylic acids is 1. The molecule has 3 saturated heterocycles. The number of carbonyl (C=O) groups excluding carboxylic acids is 1. The molecule has 326 valence electrons. The average Bonchev–Trinajstić information content (AvgIpc) is 3.13. The number of ether oxygens (including phenoxy) is 1. The average molecular weight is 787 g/mol. The SMILES string of the molecule is CCOC(=O)CN1CCN(C)CCN(C)CCN(C)CC1.CN1CCN(C)CCN(CC(=O)O)CCN(C)CC1.CN1CCNCCN(C)CCN(C)CC1. The Balaban J connectivity index is 0.000000418. The maximum Gasteiger partial charge on any atom is 0.320 e. The minimum atomic E-state index is -0.739. The molecule has 2 N–H and O–H groups in total. The second-order valence-corrected chi connectivity index (χ2v) is 16.2. The number of rotatable bonds is 5. The van der Waals surface area contributed by atoms with E-state index >= 15 is 0 Å². The van der Waals surface area contributed by atoms with Crippen LogP contribution < -0.4 is 5.32 Å². The topological polar surface area (TPSA) is 111 Å². The van der Waals surface area contributed by atoms with Crippen molar-refractivity contribution < 1.29 is 19.4 Å². The van der Waals surface area contributed by atoms with Crippen molar-refractivity contribution in [2.75, 3.05) is 240 Å². The molecule has 3 aliphatic rings. The molecule has 0 bridgehead atoms. The first-order valence-electron chi connectivity index (χ1n) is 20.9. The summed E-state index contributed by atoms with van der Waals surface area (Å²) in [5, 5.41) is 12.4. The first-order valence-corrected chi connectivity index (χ1v) is 20.9. The number of nitrogens with zero attached hydrogens (tertiary/aromatic N) is 11. The molecular formula is C39H86N12O4. The first kappa shape index (κ1) is 51.5. The van der Waals surface area contributed by atoms with Gasteiger partial charge in [0.2, 0.25) is 0 Å². The summed E-state index contributed by atoms with van der Waals surface area (Å²) >= 11 is 0. The lowest BCUT2D eigenvalue weighted by atomic mass is 10.3. The molecule has 0 aromatic carbocycles. The molecule has 0 amide bonds. The van der Waals surface area contributed by atoms with Crippen LogP contribution in [0.1, 0.15) is 6.92 Å². The van der Waals surface area contributed by atoms with Crippen LogP contribution in [0.2, 0.25) is 0 Å². The van der Waals surface area contributed by atoms with Gasteiger partial charge < -0.3 is 59.3 Å². The minimum Gasteiger partial charge on any atom is -0.480 e. The van der Waals surface area contributed by atoms with Crippen molar-refractivity contribution in [3.8, 4) is 0 Å². The van der Waals surface area contributed by atoms with Gasteiger partial charge in [-0.2, -0.15) is 0 Å². The molecule has 0 radical (unpaired) electrons. The normalized spacial score (nSPS) is 23.8. The van der Waals surface area contributed by atoms with Crippen LogP contribution in [0, 0.1) is 0 Å². The number of esters is 1. The minimum absolute atomic E-state index is 0.116. The van der Waals surface area contributed by atoms with E-state index < -0.39 is 5.97 Å². The largest absolute Gasteiger partial charge is 0.480 e. The van der Waals surface area contributed by atoms with Gasteiger partial charge in [0, 0.05) is 157 Å². The fourth-order valence-corrected chi connectivity index (χ4v) is 6.09. The molecule has 0 saturated carbocycles. The van der Waals surface area contributed by atoms with E-state index in [4.69, 9.17) is 9.84 Å². The van der Waals surface area contributed by atoms with Crippen LogP contribution in [-0.2, 0) is 14.3 Å². The highest BCUT2D eigenvalue weighted by atomic mass is 16.5. The highest BCUT2D eigenvalue weighted by Crippen LogP contribution is 1.99. The molecule has 0 spiro atoms. The van der Waals surface area contributed by atoms with Gasteiger partial charge in [0.05, 0.1) is 19.7 Å². The number of hydrogen-bond donors (Lipinski definition) is 2. The third-order valence-electron chi connectivity index (χ3n) is 10.7. The van der Waals surface area contributed by atoms with Crippen LogP contribution in [0.4, 0.5) is 0 Å². The van der Waals surface area contributed by atoms with Crippen molar-refractivity contribution in [2.24, 2.45) is 0 Å². The lowest BCUT2D eigenvalue weighted by molar-refractivity contribution is -0.144. The van der Waals surface area contributed by atoms with E-state index in [1.54, 1.807) is 0 Å². The number of nitrogens with one attached hydrogen (secondary N) is 1. The first-order chi connectivity index (χ1) is 26.2. The number of aliphatic carboxylic acids is 1. The molecule has 55 heavy (non-hydrogen) atoms. The van der Waals surface area contributed by atoms with Crippen LogP contribution in [-0.4, -0.2) is 311 Å². The molecule has 0 unspecified atom stereocenters. The van der Waals surface area contributed by atoms with E-state index in [-0.39, 0.29) is 12.5 Å². The quantitative estimate of drug-likeness (QED) is 0.307. The molecule has 16 nitrogen and oxygen atoms in total. The predicted molar refractivity (Wildman–Crippen MR) is 227 cm³/mol. The Morgan fingerprint density at radius 3 is 0.909 bits per heavy atom. The van der Waals surface area contributed by atoms with Gasteiger partial charge in [-0.3, -0.25) is 19.4 Å². The summed E-state index contributed by atoms with van der Waals surface area (Å²) < 4.78 is 5.07. The van der Waals surface area contributed by atoms with E-state index in [1.165, 1.54) is 26.2 Å². The number of likely N-dealkylation sites (N-methyl/N-ethyl adjacent to an activating group) is 9. The monoisotopic (exact) mass is 787 g/mol. The van der Waals surface area contributed by atoms with Gasteiger partial charge in [-0.25, -0.2) is 0 Å². The summed E-state index contributed by atoms with van der Waals surface area (Å²) in [5.41, 5.74) is 0. The molecule has 3 fully saturated rings. The van der Waals surface area contributed by atoms with Crippen LogP contribution in [0.5, 0.6) is 0 Å². The van der Waals surface area contributed by atoms with Gasteiger partial charge in [0.25, 0.3) is 0 Å². The van der Waals surface area contributed by atoms with Gasteiger partial charge in [0.1, 0.15) is 0 Å². The van der Waals surface area contributed by atoms with Gasteiger partial charge in [-0.05, 0) is 70.4 Å². The molecular weight excluding hydrogens is 701 g/mol. The number of hydrogen-bond acceptors (Lipinski definition) is 15. The van der Waals surface area contributed by atoms with E-state index in [1.807, 2.05) is 11.8 Å². The van der Waals surface area contributed by atoms with Gasteiger partial charge in [-0.15, -0.1) is 0 Å². The van der Waals surface area contributed by atoms with Crippen molar-refractivity contribution in [3.63, 3.8) is 0 Å². The zero-order valence-corrected chi connectivity index (χ0v) is 37.2. The second kappa shape index (κ2) is 31.5. The third kappa shape index (κ3) is 29.4. The fraction of sp³-hybridized carbons (Fsp3) is 0.949. The van der Waals surface area contributed by atoms with Crippen LogP contribution in [0.25, 0.3) is 0 Å². The maximum absolute atomic E-state index is 11.7. The maximum atomic E-state index is 11.7. The Labute approximate surface area is 337 Å². The predicted octanol–water partition coefficient (Wildman–Crippen LogP) is -1.77. The summed E-state index contributed by atoms with van der Waals surface area (Å²) in [6.07, 6.45) is 0. The van der Waals surface area contributed by atoms with Crippen molar-refractivity contribution >= 4 is 11.9 Å². The van der Waals surface area contributed by atoms with Gasteiger partial charge in [0.15, 0.2) is 0 Å². The highest BCUT2D eigenvalue weighted by Gasteiger charge is 2.16. The molecule has 16 heteroatoms. The Morgan fingerprint density at radius 1 is 0.418 bits per heavy atom. The lowest BCUT2D eigenvalue weighted by Gasteiger charge is -2.30. The Kier molecular flexibility index (Phi) is 29.4. The smallest absolute Gasteiger partial charge is 0.320 e. The Morgan fingerprint density at radius 2 is 0.655 bits per heavy atom. The van der Waals surface area contributed by atoms with Gasteiger partial charge in [-0.1, -0.05) is 0 Å². The summed E-state index contributed by atoms with van der Waals surface area (Å²) in [6.45, 7) is 27.8. The zero-order valence-electron chi connectivity index (χ0n) is 37.2. The van der Waals surface area contributed by atoms with Crippen LogP contribution >= 0.6 is 0 Å². The molecule has 3 aliphatic heterocycles. The van der Waals surface area contributed by atoms with Crippen molar-refractivity contribution in [1.82, 2.24) is 59.2 Å². The third-order valence-corrected chi connectivity index (χ3v) is 10.7. The number of carbonyl (C=O) groups is 2. The van der Waals surface area contributed by atoms with Crippen LogP contribution in [0.3, 0.4) is 0 Å². The molecule has 3 heterocycles. The second-order valence-electron chi connectivity index (χ2n) is 16.2. The van der Waals surface area contributed by atoms with E-state index in [0.717, 1.165) is 131 Å². The molecule has 0 aliphatic carbocycles. The highest BCUT2D eigenvalue weighted by molar-refractivity contribution is 5.71. The summed E-state index contributed by atoms with van der Waals surface area (Å²) in [4.78, 5) is 48.0. The Hall–Kier alpha value is -1.54. The van der Waals surface area contributed by atoms with E-state index in [0.29, 0.717) is 13.2 Å². The molecule has 0 aromatic heterocycles. The zero-order chi connectivity index (χ0) is 41.0. The van der Waals surface area contributed by atoms with Crippen LogP contribution in [0.15, 0.2) is 0 Å². The van der Waals surface area contributed by atoms with Gasteiger partial charge >= 0.3 is 11.9 Å². The molecule has 3 rings (SSSR count). The van der Waals surface area contributed by atoms with Crippen molar-refractivity contribution in [2.45, 2.75) is 6.92 Å².